The van der Waals surface area contributed by atoms with E-state index in [0.29, 0.717) is 0 Å². The molecule has 0 aliphatic rings. The van der Waals surface area contributed by atoms with Gasteiger partial charge in [0.2, 0.25) is 0 Å². The highest BCUT2D eigenvalue weighted by atomic mass is 79.9. The Labute approximate surface area is 135 Å². The average Bonchev–Trinajstić information content (AvgIpc) is 2.83. The first-order chi connectivity index (χ1) is 9.62. The molecule has 2 rings (SSSR count). The number of methoxy groups -OCH3 is 1. The molecule has 1 aromatic carbocycles. The lowest BCUT2D eigenvalue weighted by molar-refractivity contribution is 0.413. The molecule has 0 fully saturated rings. The van der Waals surface area contributed by atoms with Crippen LogP contribution in [-0.4, -0.2) is 23.9 Å². The maximum atomic E-state index is 5.33. The van der Waals surface area contributed by atoms with Gasteiger partial charge in [-0.25, -0.2) is 0 Å². The molecule has 1 aromatic heterocycles. The van der Waals surface area contributed by atoms with Crippen LogP contribution in [0.4, 0.5) is 0 Å². The fraction of sp³-hybridized carbons (Fsp3) is 0.357. The summed E-state index contributed by atoms with van der Waals surface area (Å²) in [5, 5.41) is 7.74. The lowest BCUT2D eigenvalue weighted by Gasteiger charge is -2.20. The molecule has 1 N–H and O–H groups in total. The van der Waals surface area contributed by atoms with Gasteiger partial charge in [0, 0.05) is 11.0 Å². The summed E-state index contributed by atoms with van der Waals surface area (Å²) < 4.78 is 9.34. The summed E-state index contributed by atoms with van der Waals surface area (Å²) in [5.74, 6) is 0.835. The summed E-state index contributed by atoms with van der Waals surface area (Å²) in [4.78, 5) is 0. The van der Waals surface area contributed by atoms with Crippen LogP contribution in [0.15, 0.2) is 33.3 Å². The highest BCUT2D eigenvalue weighted by molar-refractivity contribution is 9.10. The molecule has 0 radical (unpaired) electrons. The van der Waals surface area contributed by atoms with Crippen molar-refractivity contribution < 1.29 is 4.74 Å². The Morgan fingerprint density at radius 2 is 2.10 bits per heavy atom. The highest BCUT2D eigenvalue weighted by Crippen LogP contribution is 2.34. The predicted octanol–water partition coefficient (Wildman–Crippen LogP) is 3.75. The number of rotatable bonds is 5. The van der Waals surface area contributed by atoms with Crippen molar-refractivity contribution in [3.8, 4) is 5.75 Å². The summed E-state index contributed by atoms with van der Waals surface area (Å²) in [6.07, 6.45) is 1.83. The van der Waals surface area contributed by atoms with Crippen LogP contribution < -0.4 is 10.1 Å². The smallest absolute Gasteiger partial charge is 0.119 e. The van der Waals surface area contributed by atoms with Gasteiger partial charge in [-0.3, -0.25) is 4.68 Å². The standard InChI is InChI=1S/C14H17Br2N3O/c1-4-19-14(12(16)8-18-19)13(17-2)10-7-9(20-3)5-6-11(10)15/h5-8,13,17H,4H2,1-3H3. The van der Waals surface area contributed by atoms with Crippen LogP contribution in [0, 0.1) is 0 Å². The minimum Gasteiger partial charge on any atom is -0.497 e. The van der Waals surface area contributed by atoms with Gasteiger partial charge in [-0.15, -0.1) is 0 Å². The van der Waals surface area contributed by atoms with E-state index in [2.05, 4.69) is 49.2 Å². The van der Waals surface area contributed by atoms with Crippen LogP contribution in [0.5, 0.6) is 5.75 Å². The lowest BCUT2D eigenvalue weighted by Crippen LogP contribution is -2.22. The zero-order chi connectivity index (χ0) is 14.7. The van der Waals surface area contributed by atoms with Gasteiger partial charge in [0.1, 0.15) is 5.75 Å². The molecule has 1 atom stereocenters. The maximum Gasteiger partial charge on any atom is 0.119 e. The zero-order valence-corrected chi connectivity index (χ0v) is 14.8. The van der Waals surface area contributed by atoms with E-state index in [0.717, 1.165) is 32.5 Å². The molecule has 1 heterocycles. The summed E-state index contributed by atoms with van der Waals surface area (Å²) in [6.45, 7) is 2.90. The van der Waals surface area contributed by atoms with Gasteiger partial charge in [-0.1, -0.05) is 15.9 Å². The molecule has 20 heavy (non-hydrogen) atoms. The monoisotopic (exact) mass is 401 g/mol. The molecule has 0 aliphatic carbocycles. The highest BCUT2D eigenvalue weighted by Gasteiger charge is 2.22. The molecule has 0 bridgehead atoms. The minimum absolute atomic E-state index is 0.0244. The van der Waals surface area contributed by atoms with Gasteiger partial charge in [0.05, 0.1) is 29.5 Å². The third-order valence-electron chi connectivity index (χ3n) is 3.21. The summed E-state index contributed by atoms with van der Waals surface area (Å²) >= 11 is 7.20. The van der Waals surface area contributed by atoms with Crippen LogP contribution in [0.25, 0.3) is 0 Å². The molecule has 0 aliphatic heterocycles. The third kappa shape index (κ3) is 2.92. The Balaban J connectivity index is 2.54. The average molecular weight is 403 g/mol. The van der Waals surface area contributed by atoms with E-state index in [9.17, 15) is 0 Å². The number of nitrogens with one attached hydrogen (secondary N) is 1. The molecule has 0 spiro atoms. The largest absolute Gasteiger partial charge is 0.497 e. The number of hydrogen-bond acceptors (Lipinski definition) is 3. The van der Waals surface area contributed by atoms with Gasteiger partial charge >= 0.3 is 0 Å². The Morgan fingerprint density at radius 1 is 1.35 bits per heavy atom. The fourth-order valence-electron chi connectivity index (χ4n) is 2.22. The number of nitrogens with zero attached hydrogens (tertiary/aromatic N) is 2. The second-order valence-electron chi connectivity index (χ2n) is 4.30. The summed E-state index contributed by atoms with van der Waals surface area (Å²) in [5.41, 5.74) is 2.21. The van der Waals surface area contributed by atoms with E-state index in [-0.39, 0.29) is 6.04 Å². The summed E-state index contributed by atoms with van der Waals surface area (Å²) in [7, 11) is 3.61. The van der Waals surface area contributed by atoms with E-state index < -0.39 is 0 Å². The molecule has 0 saturated heterocycles. The molecule has 108 valence electrons. The Bertz CT molecular complexity index is 598. The van der Waals surface area contributed by atoms with Crippen LogP contribution in [0.3, 0.4) is 0 Å². The Hall–Kier alpha value is -0.850. The minimum atomic E-state index is 0.0244. The molecular weight excluding hydrogens is 386 g/mol. The van der Waals surface area contributed by atoms with E-state index >= 15 is 0 Å². The first-order valence-corrected chi connectivity index (χ1v) is 7.92. The molecular formula is C14H17Br2N3O. The van der Waals surface area contributed by atoms with Crippen molar-refractivity contribution in [3.05, 3.63) is 44.6 Å². The molecule has 2 aromatic rings. The van der Waals surface area contributed by atoms with Crippen LogP contribution in [0.2, 0.25) is 0 Å². The number of hydrogen-bond donors (Lipinski definition) is 1. The Kier molecular flexibility index (Phi) is 5.23. The van der Waals surface area contributed by atoms with Crippen molar-refractivity contribution in [2.24, 2.45) is 0 Å². The number of aromatic nitrogens is 2. The van der Waals surface area contributed by atoms with Crippen LogP contribution in [-0.2, 0) is 6.54 Å². The van der Waals surface area contributed by atoms with Crippen molar-refractivity contribution in [2.45, 2.75) is 19.5 Å². The molecule has 0 amide bonds. The topological polar surface area (TPSA) is 39.1 Å². The van der Waals surface area contributed by atoms with Gasteiger partial charge in [0.15, 0.2) is 0 Å². The van der Waals surface area contributed by atoms with Crippen molar-refractivity contribution in [1.82, 2.24) is 15.1 Å². The molecule has 4 nitrogen and oxygen atoms in total. The van der Waals surface area contributed by atoms with E-state index in [4.69, 9.17) is 4.74 Å². The molecule has 6 heteroatoms. The number of aryl methyl sites for hydroxylation is 1. The molecule has 0 saturated carbocycles. The summed E-state index contributed by atoms with van der Waals surface area (Å²) in [6, 6.07) is 5.99. The number of ether oxygens (including phenoxy) is 1. The maximum absolute atomic E-state index is 5.33. The van der Waals surface area contributed by atoms with Gasteiger partial charge in [0.25, 0.3) is 0 Å². The quantitative estimate of drug-likeness (QED) is 0.827. The van der Waals surface area contributed by atoms with Crippen molar-refractivity contribution in [2.75, 3.05) is 14.2 Å². The van der Waals surface area contributed by atoms with E-state index in [1.165, 1.54) is 0 Å². The zero-order valence-electron chi connectivity index (χ0n) is 11.7. The number of benzene rings is 1. The van der Waals surface area contributed by atoms with Gasteiger partial charge in [-0.2, -0.15) is 5.10 Å². The van der Waals surface area contributed by atoms with Gasteiger partial charge in [-0.05, 0) is 53.7 Å². The van der Waals surface area contributed by atoms with Crippen molar-refractivity contribution in [1.29, 1.82) is 0 Å². The predicted molar refractivity (Wildman–Crippen MR) is 87.2 cm³/mol. The fourth-order valence-corrected chi connectivity index (χ4v) is 3.22. The van der Waals surface area contributed by atoms with E-state index in [1.54, 1.807) is 7.11 Å². The lowest BCUT2D eigenvalue weighted by atomic mass is 10.0. The second kappa shape index (κ2) is 6.74. The SMILES string of the molecule is CCn1ncc(Br)c1C(NC)c1cc(OC)ccc1Br. The van der Waals surface area contributed by atoms with Crippen molar-refractivity contribution >= 4 is 31.9 Å². The van der Waals surface area contributed by atoms with Crippen LogP contribution in [0.1, 0.15) is 24.2 Å². The molecule has 1 unspecified atom stereocenters. The van der Waals surface area contributed by atoms with E-state index in [1.807, 2.05) is 36.1 Å². The van der Waals surface area contributed by atoms with Gasteiger partial charge < -0.3 is 10.1 Å². The Morgan fingerprint density at radius 3 is 2.70 bits per heavy atom. The van der Waals surface area contributed by atoms with Crippen molar-refractivity contribution in [3.63, 3.8) is 0 Å². The first kappa shape index (κ1) is 15.5. The second-order valence-corrected chi connectivity index (χ2v) is 6.01. The normalized spacial score (nSPS) is 12.4. The third-order valence-corrected chi connectivity index (χ3v) is 4.54. The van der Waals surface area contributed by atoms with Crippen LogP contribution >= 0.6 is 31.9 Å². The number of halogens is 2. The first-order valence-electron chi connectivity index (χ1n) is 6.34.